The molecule has 0 saturated carbocycles. The second kappa shape index (κ2) is 7.40. The molecule has 1 aromatic heterocycles. The van der Waals surface area contributed by atoms with Gasteiger partial charge in [0.15, 0.2) is 13.7 Å². The van der Waals surface area contributed by atoms with Crippen LogP contribution in [0.25, 0.3) is 0 Å². The van der Waals surface area contributed by atoms with Crippen LogP contribution in [0.4, 0.5) is 11.5 Å². The first kappa shape index (κ1) is 18.3. The van der Waals surface area contributed by atoms with Gasteiger partial charge in [-0.05, 0) is 30.5 Å². The summed E-state index contributed by atoms with van der Waals surface area (Å²) >= 11 is 12.5. The van der Waals surface area contributed by atoms with Crippen LogP contribution in [0.15, 0.2) is 23.1 Å². The first-order valence-electron chi connectivity index (χ1n) is 8.30. The third kappa shape index (κ3) is 3.43. The number of halogens is 2. The molecule has 3 rings (SSSR count). The summed E-state index contributed by atoms with van der Waals surface area (Å²) in [4.78, 5) is 19.5. The summed E-state index contributed by atoms with van der Waals surface area (Å²) in [6, 6.07) is 3.58. The second-order valence-electron chi connectivity index (χ2n) is 6.23. The number of aromatic nitrogens is 2. The van der Waals surface area contributed by atoms with E-state index in [9.17, 15) is 4.79 Å². The topological polar surface area (TPSA) is 47.4 Å². The quantitative estimate of drug-likeness (QED) is 0.746. The summed E-state index contributed by atoms with van der Waals surface area (Å²) in [5.74, 6) is 0.400. The molecule has 0 N–H and O–H groups in total. The summed E-state index contributed by atoms with van der Waals surface area (Å²) < 4.78 is 6.99. The molecule has 25 heavy (non-hydrogen) atoms. The van der Waals surface area contributed by atoms with Crippen LogP contribution in [0.1, 0.15) is 24.9 Å². The monoisotopic (exact) mass is 379 g/mol. The highest BCUT2D eigenvalue weighted by Gasteiger charge is 2.28. The largest absolute Gasteiger partial charge is 0.383 e. The minimum atomic E-state index is -0.131. The normalized spacial score (nSPS) is 14.6. The molecular formula is C17H20BCl2N3O2. The van der Waals surface area contributed by atoms with Crippen molar-refractivity contribution in [2.24, 2.45) is 0 Å². The lowest BCUT2D eigenvalue weighted by atomic mass is 10.1. The number of rotatable bonds is 5. The second-order valence-corrected chi connectivity index (χ2v) is 7.08. The van der Waals surface area contributed by atoms with Crippen molar-refractivity contribution in [3.63, 3.8) is 0 Å². The van der Waals surface area contributed by atoms with E-state index in [-0.39, 0.29) is 11.6 Å². The Hall–Kier alpha value is -1.50. The van der Waals surface area contributed by atoms with Crippen LogP contribution in [-0.2, 0) is 11.2 Å². The molecular weight excluding hydrogens is 360 g/mol. The van der Waals surface area contributed by atoms with E-state index in [4.69, 9.17) is 27.9 Å². The Morgan fingerprint density at radius 3 is 2.84 bits per heavy atom. The maximum atomic E-state index is 13.1. The highest BCUT2D eigenvalue weighted by molar-refractivity contribution is 6.37. The summed E-state index contributed by atoms with van der Waals surface area (Å²) in [5.41, 5.74) is 2.51. The molecule has 1 aromatic carbocycles. The van der Waals surface area contributed by atoms with E-state index in [0.717, 1.165) is 29.7 Å². The minimum absolute atomic E-state index is 0.0271. The Morgan fingerprint density at radius 2 is 2.16 bits per heavy atom. The lowest BCUT2D eigenvalue weighted by molar-refractivity contribution is 0.151. The van der Waals surface area contributed by atoms with Crippen molar-refractivity contribution in [3.05, 3.63) is 44.3 Å². The van der Waals surface area contributed by atoms with E-state index < -0.39 is 0 Å². The molecule has 1 atom stereocenters. The fourth-order valence-corrected chi connectivity index (χ4v) is 3.96. The number of fused-ring (bicyclic) bond motifs is 1. The van der Waals surface area contributed by atoms with Crippen molar-refractivity contribution < 1.29 is 4.74 Å². The number of benzene rings is 1. The number of hydrogen-bond acceptors (Lipinski definition) is 4. The van der Waals surface area contributed by atoms with Gasteiger partial charge in [0, 0.05) is 30.5 Å². The first-order chi connectivity index (χ1) is 12.0. The molecule has 0 amide bonds. The molecule has 0 fully saturated rings. The van der Waals surface area contributed by atoms with Crippen molar-refractivity contribution in [3.8, 4) is 0 Å². The number of methoxy groups -OCH3 is 1. The number of nitrogens with zero attached hydrogens (tertiary/aromatic N) is 3. The van der Waals surface area contributed by atoms with Gasteiger partial charge in [-0.25, -0.2) is 4.98 Å². The minimum Gasteiger partial charge on any atom is -0.383 e. The SMILES string of the molecule is Bc1cn([C@@H](CC)COC)c(=O)c(N2CCc3cc(Cl)cc(Cl)c32)n1. The standard InChI is InChI=1S/C17H20BCl2N3O2/c1-3-12(9-25-2)23-8-14(18)21-16(17(23)24)22-5-4-10-6-11(19)7-13(20)15(10)22/h6-8,12H,3-5,9,18H2,1-2H3/t12-/m0/s1. The van der Waals surface area contributed by atoms with Gasteiger partial charge in [0.1, 0.15) is 0 Å². The fraction of sp³-hybridized carbons (Fsp3) is 0.412. The van der Waals surface area contributed by atoms with Crippen LogP contribution in [0.2, 0.25) is 10.0 Å². The Balaban J connectivity index is 2.12. The number of anilines is 2. The van der Waals surface area contributed by atoms with Crippen LogP contribution in [-0.4, -0.2) is 37.7 Å². The first-order valence-corrected chi connectivity index (χ1v) is 9.06. The Morgan fingerprint density at radius 1 is 1.40 bits per heavy atom. The van der Waals surface area contributed by atoms with Crippen molar-refractivity contribution in [2.45, 2.75) is 25.8 Å². The van der Waals surface area contributed by atoms with Crippen LogP contribution in [0.5, 0.6) is 0 Å². The molecule has 0 saturated heterocycles. The third-order valence-corrected chi connectivity index (χ3v) is 5.00. The Bertz CT molecular complexity index is 857. The van der Waals surface area contributed by atoms with Crippen LogP contribution in [0, 0.1) is 0 Å². The zero-order valence-electron chi connectivity index (χ0n) is 14.6. The molecule has 2 aromatic rings. The zero-order chi connectivity index (χ0) is 18.1. The van der Waals surface area contributed by atoms with Crippen molar-refractivity contribution in [1.29, 1.82) is 0 Å². The zero-order valence-corrected chi connectivity index (χ0v) is 16.1. The van der Waals surface area contributed by atoms with Gasteiger partial charge < -0.3 is 14.2 Å². The average molecular weight is 380 g/mol. The van der Waals surface area contributed by atoms with E-state index >= 15 is 0 Å². The highest BCUT2D eigenvalue weighted by Crippen LogP contribution is 2.40. The molecule has 0 aliphatic carbocycles. The smallest absolute Gasteiger partial charge is 0.294 e. The van der Waals surface area contributed by atoms with Gasteiger partial charge in [-0.3, -0.25) is 4.79 Å². The predicted octanol–water partition coefficient (Wildman–Crippen LogP) is 2.10. The molecule has 0 spiro atoms. The molecule has 8 heteroatoms. The van der Waals surface area contributed by atoms with Crippen LogP contribution >= 0.6 is 23.2 Å². The van der Waals surface area contributed by atoms with Crippen molar-refractivity contribution in [2.75, 3.05) is 25.2 Å². The van der Waals surface area contributed by atoms with E-state index in [1.165, 1.54) is 0 Å². The lowest BCUT2D eigenvalue weighted by Crippen LogP contribution is -2.36. The van der Waals surface area contributed by atoms with Gasteiger partial charge in [-0.2, -0.15) is 0 Å². The summed E-state index contributed by atoms with van der Waals surface area (Å²) in [6.07, 6.45) is 3.36. The fourth-order valence-electron chi connectivity index (χ4n) is 3.32. The van der Waals surface area contributed by atoms with E-state index in [0.29, 0.717) is 29.0 Å². The highest BCUT2D eigenvalue weighted by atomic mass is 35.5. The molecule has 2 heterocycles. The lowest BCUT2D eigenvalue weighted by Gasteiger charge is -2.23. The van der Waals surface area contributed by atoms with Gasteiger partial charge in [0.25, 0.3) is 5.56 Å². The Kier molecular flexibility index (Phi) is 5.42. The molecule has 1 aliphatic heterocycles. The van der Waals surface area contributed by atoms with Gasteiger partial charge in [0.05, 0.1) is 23.4 Å². The number of hydrogen-bond donors (Lipinski definition) is 0. The van der Waals surface area contributed by atoms with Gasteiger partial charge in [-0.15, -0.1) is 0 Å². The molecule has 1 aliphatic rings. The molecule has 5 nitrogen and oxygen atoms in total. The van der Waals surface area contributed by atoms with Crippen molar-refractivity contribution in [1.82, 2.24) is 9.55 Å². The summed E-state index contributed by atoms with van der Waals surface area (Å²) in [7, 11) is 3.53. The molecule has 132 valence electrons. The van der Waals surface area contributed by atoms with E-state index in [1.54, 1.807) is 23.9 Å². The maximum Gasteiger partial charge on any atom is 0.294 e. The van der Waals surface area contributed by atoms with E-state index in [1.807, 2.05) is 25.7 Å². The van der Waals surface area contributed by atoms with Gasteiger partial charge in [-0.1, -0.05) is 30.1 Å². The van der Waals surface area contributed by atoms with Crippen LogP contribution < -0.4 is 16.1 Å². The summed E-state index contributed by atoms with van der Waals surface area (Å²) in [5, 5.41) is 1.14. The van der Waals surface area contributed by atoms with Gasteiger partial charge >= 0.3 is 0 Å². The maximum absolute atomic E-state index is 13.1. The average Bonchev–Trinajstić information content (AvgIpc) is 2.98. The predicted molar refractivity (Wildman–Crippen MR) is 105 cm³/mol. The van der Waals surface area contributed by atoms with Crippen molar-refractivity contribution >= 4 is 48.1 Å². The number of ether oxygens (including phenoxy) is 1. The molecule has 0 unspecified atom stereocenters. The van der Waals surface area contributed by atoms with E-state index in [2.05, 4.69) is 4.98 Å². The van der Waals surface area contributed by atoms with Crippen LogP contribution in [0.3, 0.4) is 0 Å². The van der Waals surface area contributed by atoms with Gasteiger partial charge in [0.2, 0.25) is 0 Å². The Labute approximate surface area is 157 Å². The molecule has 0 radical (unpaired) electrons. The summed E-state index contributed by atoms with van der Waals surface area (Å²) in [6.45, 7) is 3.17. The molecule has 0 bridgehead atoms. The third-order valence-electron chi connectivity index (χ3n) is 4.50.